The van der Waals surface area contributed by atoms with Gasteiger partial charge in [0.05, 0.1) is 5.52 Å². The topological polar surface area (TPSA) is 70.2 Å². The Balaban J connectivity index is 2.99. The number of H-pyrrole nitrogens is 1. The molecule has 0 aliphatic carbocycles. The molecule has 1 heterocycles. The van der Waals surface area contributed by atoms with Gasteiger partial charge in [-0.15, -0.1) is 0 Å². The first-order valence-corrected chi connectivity index (χ1v) is 5.50. The van der Waals surface area contributed by atoms with Gasteiger partial charge in [-0.2, -0.15) is 0 Å². The molecular weight excluding hydrogens is 237 g/mol. The largest absolute Gasteiger partial charge is 0.477 e. The summed E-state index contributed by atoms with van der Waals surface area (Å²) in [5, 5.41) is 9.67. The Kier molecular flexibility index (Phi) is 2.90. The third-order valence-electron chi connectivity index (χ3n) is 2.81. The van der Waals surface area contributed by atoms with E-state index in [1.54, 1.807) is 13.8 Å². The Hall–Kier alpha value is -2.17. The molecule has 5 heteroatoms. The fraction of sp³-hybridized carbons (Fsp3) is 0.231. The second-order valence-corrected chi connectivity index (χ2v) is 4.39. The Morgan fingerprint density at radius 1 is 1.39 bits per heavy atom. The van der Waals surface area contributed by atoms with Crippen LogP contribution in [0.1, 0.15) is 35.7 Å². The molecular formula is C13H12FNO3. The predicted molar refractivity (Wildman–Crippen MR) is 65.6 cm³/mol. The van der Waals surface area contributed by atoms with Crippen molar-refractivity contribution < 1.29 is 14.3 Å². The summed E-state index contributed by atoms with van der Waals surface area (Å²) in [6.07, 6.45) is 0. The molecule has 0 spiro atoms. The summed E-state index contributed by atoms with van der Waals surface area (Å²) in [4.78, 5) is 25.3. The molecule has 0 fully saturated rings. The van der Waals surface area contributed by atoms with Crippen LogP contribution in [0, 0.1) is 5.82 Å². The second-order valence-electron chi connectivity index (χ2n) is 4.39. The molecule has 1 aromatic heterocycles. The third kappa shape index (κ3) is 1.88. The van der Waals surface area contributed by atoms with Crippen LogP contribution in [0.2, 0.25) is 0 Å². The summed E-state index contributed by atoms with van der Waals surface area (Å²) in [5.41, 5.74) is -0.233. The zero-order valence-corrected chi connectivity index (χ0v) is 9.95. The van der Waals surface area contributed by atoms with Crippen LogP contribution in [0.3, 0.4) is 0 Å². The van der Waals surface area contributed by atoms with Crippen molar-refractivity contribution in [3.63, 3.8) is 0 Å². The van der Waals surface area contributed by atoms with E-state index in [1.165, 1.54) is 18.2 Å². The highest BCUT2D eigenvalue weighted by atomic mass is 19.1. The number of carbonyl (C=O) groups is 1. The fourth-order valence-corrected chi connectivity index (χ4v) is 2.11. The van der Waals surface area contributed by atoms with Gasteiger partial charge in [-0.25, -0.2) is 9.18 Å². The zero-order valence-electron chi connectivity index (χ0n) is 9.95. The number of carboxylic acid groups (broad SMARTS) is 1. The molecule has 0 unspecified atom stereocenters. The quantitative estimate of drug-likeness (QED) is 0.859. The van der Waals surface area contributed by atoms with E-state index in [2.05, 4.69) is 4.98 Å². The van der Waals surface area contributed by atoms with Crippen molar-refractivity contribution in [3.8, 4) is 0 Å². The van der Waals surface area contributed by atoms with Crippen molar-refractivity contribution in [2.75, 3.05) is 0 Å². The average Bonchev–Trinajstić information content (AvgIpc) is 2.25. The van der Waals surface area contributed by atoms with Crippen LogP contribution in [0.5, 0.6) is 0 Å². The highest BCUT2D eigenvalue weighted by Crippen LogP contribution is 2.26. The number of pyridine rings is 1. The first-order chi connectivity index (χ1) is 8.41. The number of aromatic carboxylic acids is 1. The van der Waals surface area contributed by atoms with Crippen LogP contribution in [-0.4, -0.2) is 16.1 Å². The summed E-state index contributed by atoms with van der Waals surface area (Å²) < 4.78 is 13.1. The maximum absolute atomic E-state index is 13.1. The molecule has 0 radical (unpaired) electrons. The molecule has 2 aromatic rings. The highest BCUT2D eigenvalue weighted by Gasteiger charge is 2.20. The van der Waals surface area contributed by atoms with Gasteiger partial charge in [0.25, 0.3) is 5.56 Å². The van der Waals surface area contributed by atoms with Gasteiger partial charge >= 0.3 is 5.97 Å². The number of fused-ring (bicyclic) bond motifs is 1. The van der Waals surface area contributed by atoms with Gasteiger partial charge in [0, 0.05) is 5.39 Å². The van der Waals surface area contributed by atoms with Crippen molar-refractivity contribution in [1.82, 2.24) is 4.98 Å². The van der Waals surface area contributed by atoms with Gasteiger partial charge in [0.15, 0.2) is 0 Å². The lowest BCUT2D eigenvalue weighted by molar-refractivity contribution is 0.0693. The molecule has 0 aliphatic rings. The Labute approximate surface area is 102 Å². The van der Waals surface area contributed by atoms with Crippen molar-refractivity contribution in [2.24, 2.45) is 0 Å². The van der Waals surface area contributed by atoms with Crippen LogP contribution in [-0.2, 0) is 0 Å². The summed E-state index contributed by atoms with van der Waals surface area (Å²) >= 11 is 0. The van der Waals surface area contributed by atoms with E-state index in [9.17, 15) is 14.0 Å². The number of hydrogen-bond donors (Lipinski definition) is 2. The summed E-state index contributed by atoms with van der Waals surface area (Å²) in [6, 6.07) is 3.93. The van der Waals surface area contributed by atoms with Gasteiger partial charge in [-0.05, 0) is 29.7 Å². The van der Waals surface area contributed by atoms with Crippen LogP contribution in [0.4, 0.5) is 4.39 Å². The number of benzene rings is 1. The molecule has 0 saturated heterocycles. The molecule has 2 rings (SSSR count). The molecule has 18 heavy (non-hydrogen) atoms. The number of nitrogens with one attached hydrogen (secondary N) is 1. The summed E-state index contributed by atoms with van der Waals surface area (Å²) in [5.74, 6) is -1.89. The molecule has 0 atom stereocenters. The minimum atomic E-state index is -1.27. The molecule has 1 aromatic carbocycles. The molecule has 0 saturated carbocycles. The number of aromatic nitrogens is 1. The van der Waals surface area contributed by atoms with Crippen molar-refractivity contribution in [1.29, 1.82) is 0 Å². The Morgan fingerprint density at radius 2 is 2.06 bits per heavy atom. The van der Waals surface area contributed by atoms with Crippen molar-refractivity contribution in [3.05, 3.63) is 45.5 Å². The molecule has 0 aliphatic heterocycles. The number of rotatable bonds is 2. The SMILES string of the molecule is CC(C)c1c(C(=O)O)c(=O)[nH]c2cc(F)ccc12. The van der Waals surface area contributed by atoms with Gasteiger partial charge in [0.1, 0.15) is 11.4 Å². The van der Waals surface area contributed by atoms with Gasteiger partial charge in [0.2, 0.25) is 0 Å². The normalized spacial score (nSPS) is 11.1. The maximum atomic E-state index is 13.1. The molecule has 4 nitrogen and oxygen atoms in total. The highest BCUT2D eigenvalue weighted by molar-refractivity contribution is 5.96. The van der Waals surface area contributed by atoms with E-state index in [0.717, 1.165) is 0 Å². The van der Waals surface area contributed by atoms with Crippen LogP contribution < -0.4 is 5.56 Å². The van der Waals surface area contributed by atoms with Crippen LogP contribution >= 0.6 is 0 Å². The molecule has 94 valence electrons. The first-order valence-electron chi connectivity index (χ1n) is 5.50. The maximum Gasteiger partial charge on any atom is 0.341 e. The van der Waals surface area contributed by atoms with E-state index < -0.39 is 17.3 Å². The first kappa shape index (κ1) is 12.3. The van der Waals surface area contributed by atoms with Gasteiger partial charge < -0.3 is 10.1 Å². The standard InChI is InChI=1S/C13H12FNO3/c1-6(2)10-8-4-3-7(14)5-9(8)15-12(16)11(10)13(17)18/h3-6H,1-2H3,(H,15,16)(H,17,18). The smallest absolute Gasteiger partial charge is 0.341 e. The van der Waals surface area contributed by atoms with E-state index >= 15 is 0 Å². The fourth-order valence-electron chi connectivity index (χ4n) is 2.11. The Morgan fingerprint density at radius 3 is 2.61 bits per heavy atom. The van der Waals surface area contributed by atoms with Gasteiger partial charge in [-0.1, -0.05) is 13.8 Å². The summed E-state index contributed by atoms with van der Waals surface area (Å²) in [7, 11) is 0. The number of carboxylic acids is 1. The number of halogens is 1. The average molecular weight is 249 g/mol. The van der Waals surface area contributed by atoms with E-state index in [0.29, 0.717) is 16.5 Å². The van der Waals surface area contributed by atoms with Crippen LogP contribution in [0.25, 0.3) is 10.9 Å². The van der Waals surface area contributed by atoms with E-state index in [1.807, 2.05) is 0 Å². The molecule has 0 amide bonds. The lowest BCUT2D eigenvalue weighted by atomic mass is 9.94. The van der Waals surface area contributed by atoms with Crippen LogP contribution in [0.15, 0.2) is 23.0 Å². The van der Waals surface area contributed by atoms with Gasteiger partial charge in [-0.3, -0.25) is 4.79 Å². The minimum Gasteiger partial charge on any atom is -0.477 e. The van der Waals surface area contributed by atoms with E-state index in [4.69, 9.17) is 5.11 Å². The van der Waals surface area contributed by atoms with E-state index in [-0.39, 0.29) is 11.5 Å². The Bertz CT molecular complexity index is 688. The minimum absolute atomic E-state index is 0.147. The monoisotopic (exact) mass is 249 g/mol. The van der Waals surface area contributed by atoms with Crippen molar-refractivity contribution in [2.45, 2.75) is 19.8 Å². The molecule has 2 N–H and O–H groups in total. The number of hydrogen-bond acceptors (Lipinski definition) is 2. The third-order valence-corrected chi connectivity index (χ3v) is 2.81. The van der Waals surface area contributed by atoms with Crippen molar-refractivity contribution >= 4 is 16.9 Å². The lowest BCUT2D eigenvalue weighted by Gasteiger charge is -2.12. The zero-order chi connectivity index (χ0) is 13.4. The summed E-state index contributed by atoms with van der Waals surface area (Å²) in [6.45, 7) is 3.59. The lowest BCUT2D eigenvalue weighted by Crippen LogP contribution is -2.21. The second kappa shape index (κ2) is 4.25. The predicted octanol–water partition coefficient (Wildman–Crippen LogP) is 2.49. The molecule has 0 bridgehead atoms. The number of aromatic amines is 1.